The Morgan fingerprint density at radius 1 is 1.22 bits per heavy atom. The number of rotatable bonds is 6. The van der Waals surface area contributed by atoms with Crippen LogP contribution >= 0.6 is 0 Å². The molecule has 0 saturated heterocycles. The van der Waals surface area contributed by atoms with Crippen molar-refractivity contribution in [2.24, 2.45) is 21.5 Å². The zero-order valence-corrected chi connectivity index (χ0v) is 13.3. The summed E-state index contributed by atoms with van der Waals surface area (Å²) in [7, 11) is 0. The molecule has 0 amide bonds. The summed E-state index contributed by atoms with van der Waals surface area (Å²) in [6, 6.07) is 2.73. The van der Waals surface area contributed by atoms with Crippen molar-refractivity contribution in [1.29, 1.82) is 0 Å². The average molecular weight is 320 g/mol. The quantitative estimate of drug-likeness (QED) is 0.461. The van der Waals surface area contributed by atoms with Crippen LogP contribution in [0.5, 0.6) is 11.8 Å². The molecule has 1 aromatic rings. The maximum absolute atomic E-state index is 9.90. The van der Waals surface area contributed by atoms with E-state index < -0.39 is 6.29 Å². The van der Waals surface area contributed by atoms with E-state index >= 15 is 0 Å². The lowest BCUT2D eigenvalue weighted by atomic mass is 10.2. The fraction of sp³-hybridized carbons (Fsp3) is 0.467. The largest absolute Gasteiger partial charge is 0.494 e. The topological polar surface area (TPSA) is 125 Å². The summed E-state index contributed by atoms with van der Waals surface area (Å²) < 4.78 is 1.17. The molecule has 1 atom stereocenters. The van der Waals surface area contributed by atoms with E-state index in [1.807, 2.05) is 6.08 Å². The molecule has 23 heavy (non-hydrogen) atoms. The van der Waals surface area contributed by atoms with E-state index in [0.717, 1.165) is 12.8 Å². The van der Waals surface area contributed by atoms with E-state index in [4.69, 9.17) is 11.5 Å². The molecule has 0 fully saturated rings. The van der Waals surface area contributed by atoms with Gasteiger partial charge >= 0.3 is 0 Å². The Morgan fingerprint density at radius 2 is 1.91 bits per heavy atom. The third-order valence-electron chi connectivity index (χ3n) is 3.54. The summed E-state index contributed by atoms with van der Waals surface area (Å²) in [5, 5.41) is 19.8. The van der Waals surface area contributed by atoms with Gasteiger partial charge in [0.25, 0.3) is 0 Å². The van der Waals surface area contributed by atoms with Gasteiger partial charge < -0.3 is 20.8 Å². The van der Waals surface area contributed by atoms with Crippen molar-refractivity contribution in [2.75, 3.05) is 6.54 Å². The number of aliphatic imine (C=N–C) groups is 2. The van der Waals surface area contributed by atoms with Crippen LogP contribution in [0.2, 0.25) is 0 Å². The van der Waals surface area contributed by atoms with Gasteiger partial charge in [0.05, 0.1) is 0 Å². The van der Waals surface area contributed by atoms with Crippen LogP contribution in [-0.2, 0) is 0 Å². The van der Waals surface area contributed by atoms with Crippen molar-refractivity contribution in [2.45, 2.75) is 38.9 Å². The highest BCUT2D eigenvalue weighted by Gasteiger charge is 2.26. The molecular weight excluding hydrogens is 296 g/mol. The number of nitrogens with two attached hydrogens (primary N) is 2. The predicted octanol–water partition coefficient (Wildman–Crippen LogP) is 1.11. The number of allylic oxidation sites excluding steroid dienone is 1. The first-order chi connectivity index (χ1) is 11.0. The van der Waals surface area contributed by atoms with Gasteiger partial charge in [-0.3, -0.25) is 5.73 Å². The fourth-order valence-corrected chi connectivity index (χ4v) is 2.33. The molecule has 2 heterocycles. The van der Waals surface area contributed by atoms with E-state index in [0.29, 0.717) is 6.54 Å². The Labute approximate surface area is 135 Å². The number of nitrogens with zero attached hydrogens (tertiary/aromatic N) is 4. The lowest BCUT2D eigenvalue weighted by Crippen LogP contribution is -2.51. The van der Waals surface area contributed by atoms with Gasteiger partial charge in [0.1, 0.15) is 0 Å². The van der Waals surface area contributed by atoms with Crippen molar-refractivity contribution in [3.63, 3.8) is 0 Å². The highest BCUT2D eigenvalue weighted by molar-refractivity contribution is 5.98. The molecule has 8 nitrogen and oxygen atoms in total. The molecular formula is C15H24N6O2. The third kappa shape index (κ3) is 4.04. The summed E-state index contributed by atoms with van der Waals surface area (Å²) in [6.07, 6.45) is 7.84. The summed E-state index contributed by atoms with van der Waals surface area (Å²) in [6.45, 7) is 2.61. The standard InChI is InChI=1S/C15H24N6O2/c1-2-3-4-5-6-7-10-20-14(17)18-13(16)19-15(20)21-11(22)8-9-12(21)23/h6-9,14,22-23H,2-5,10,17H2,1H3,(H2,16,18). The number of aromatic hydroxyl groups is 2. The Balaban J connectivity index is 2.15. The lowest BCUT2D eigenvalue weighted by molar-refractivity contribution is 0.324. The number of hydrogen-bond acceptors (Lipinski definition) is 7. The van der Waals surface area contributed by atoms with Crippen molar-refractivity contribution in [3.05, 3.63) is 24.3 Å². The molecule has 0 bridgehead atoms. The van der Waals surface area contributed by atoms with Gasteiger partial charge in [0, 0.05) is 18.7 Å². The molecule has 0 aromatic carbocycles. The maximum atomic E-state index is 9.90. The van der Waals surface area contributed by atoms with Gasteiger partial charge in [-0.05, 0) is 12.8 Å². The van der Waals surface area contributed by atoms with Gasteiger partial charge in [-0.15, -0.1) is 0 Å². The predicted molar refractivity (Wildman–Crippen MR) is 90.2 cm³/mol. The molecule has 0 aliphatic carbocycles. The SMILES string of the molecule is CCCCCC=CCN1C(n2c(O)ccc2O)=NC(N)=NC1N. The zero-order valence-electron chi connectivity index (χ0n) is 13.3. The van der Waals surface area contributed by atoms with E-state index in [2.05, 4.69) is 23.0 Å². The monoisotopic (exact) mass is 320 g/mol. The number of aromatic nitrogens is 1. The zero-order chi connectivity index (χ0) is 16.8. The molecule has 1 aromatic heterocycles. The molecule has 126 valence electrons. The molecule has 0 saturated carbocycles. The normalized spacial score (nSPS) is 18.3. The summed E-state index contributed by atoms with van der Waals surface area (Å²) in [5.41, 5.74) is 11.7. The summed E-state index contributed by atoms with van der Waals surface area (Å²) >= 11 is 0. The van der Waals surface area contributed by atoms with Crippen LogP contribution in [0.4, 0.5) is 0 Å². The number of hydrogen-bond donors (Lipinski definition) is 4. The molecule has 6 N–H and O–H groups in total. The van der Waals surface area contributed by atoms with Crippen LogP contribution in [-0.4, -0.2) is 44.4 Å². The summed E-state index contributed by atoms with van der Waals surface area (Å²) in [5.74, 6) is -0.0634. The highest BCUT2D eigenvalue weighted by Crippen LogP contribution is 2.23. The minimum Gasteiger partial charge on any atom is -0.494 e. The van der Waals surface area contributed by atoms with Crippen molar-refractivity contribution >= 4 is 11.9 Å². The lowest BCUT2D eigenvalue weighted by Gasteiger charge is -2.31. The highest BCUT2D eigenvalue weighted by atomic mass is 16.3. The van der Waals surface area contributed by atoms with Crippen molar-refractivity contribution in [3.8, 4) is 11.8 Å². The van der Waals surface area contributed by atoms with E-state index in [1.54, 1.807) is 4.90 Å². The fourth-order valence-electron chi connectivity index (χ4n) is 2.33. The van der Waals surface area contributed by atoms with Crippen molar-refractivity contribution < 1.29 is 10.2 Å². The molecule has 2 rings (SSSR count). The second-order valence-electron chi connectivity index (χ2n) is 5.32. The molecule has 1 aliphatic heterocycles. The third-order valence-corrected chi connectivity index (χ3v) is 3.54. The molecule has 0 radical (unpaired) electrons. The van der Waals surface area contributed by atoms with Crippen LogP contribution in [0.3, 0.4) is 0 Å². The van der Waals surface area contributed by atoms with Gasteiger partial charge in [0.15, 0.2) is 6.29 Å². The minimum atomic E-state index is -0.732. The maximum Gasteiger partial charge on any atom is 0.221 e. The molecule has 8 heteroatoms. The molecule has 1 unspecified atom stereocenters. The van der Waals surface area contributed by atoms with E-state index in [1.165, 1.54) is 29.5 Å². The van der Waals surface area contributed by atoms with Gasteiger partial charge in [-0.1, -0.05) is 31.9 Å². The Kier molecular flexibility index (Phi) is 5.64. The Bertz CT molecular complexity index is 600. The first kappa shape index (κ1) is 16.9. The second kappa shape index (κ2) is 7.68. The first-order valence-corrected chi connectivity index (χ1v) is 7.73. The molecule has 1 aliphatic rings. The average Bonchev–Trinajstić information content (AvgIpc) is 2.83. The summed E-state index contributed by atoms with van der Waals surface area (Å²) in [4.78, 5) is 9.76. The van der Waals surface area contributed by atoms with Gasteiger partial charge in [0.2, 0.25) is 23.7 Å². The molecule has 0 spiro atoms. The number of guanidine groups is 1. The Morgan fingerprint density at radius 3 is 2.57 bits per heavy atom. The smallest absolute Gasteiger partial charge is 0.221 e. The van der Waals surface area contributed by atoms with E-state index in [9.17, 15) is 10.2 Å². The Hall–Kier alpha value is -2.48. The van der Waals surface area contributed by atoms with Crippen molar-refractivity contribution in [1.82, 2.24) is 9.47 Å². The number of unbranched alkanes of at least 4 members (excludes halogenated alkanes) is 3. The van der Waals surface area contributed by atoms with Gasteiger partial charge in [-0.2, -0.15) is 4.99 Å². The van der Waals surface area contributed by atoms with Crippen LogP contribution in [0.15, 0.2) is 34.3 Å². The first-order valence-electron chi connectivity index (χ1n) is 7.73. The van der Waals surface area contributed by atoms with Crippen LogP contribution in [0.25, 0.3) is 0 Å². The second-order valence-corrected chi connectivity index (χ2v) is 5.32. The van der Waals surface area contributed by atoms with E-state index in [-0.39, 0.29) is 23.7 Å². The van der Waals surface area contributed by atoms with Crippen LogP contribution in [0, 0.1) is 0 Å². The van der Waals surface area contributed by atoms with Crippen LogP contribution in [0.1, 0.15) is 32.6 Å². The minimum absolute atomic E-state index is 0.00294. The van der Waals surface area contributed by atoms with Gasteiger partial charge in [-0.25, -0.2) is 9.56 Å². The van der Waals surface area contributed by atoms with Crippen LogP contribution < -0.4 is 11.5 Å².